The van der Waals surface area contributed by atoms with Crippen LogP contribution in [0.2, 0.25) is 0 Å². The monoisotopic (exact) mass is 388 g/mol. The molecular formula is C20H24N2O4S. The molecule has 0 bridgehead atoms. The second-order valence-corrected chi connectivity index (χ2v) is 7.03. The van der Waals surface area contributed by atoms with Crippen LogP contribution in [0.15, 0.2) is 35.0 Å². The van der Waals surface area contributed by atoms with E-state index in [1.165, 1.54) is 11.3 Å². The van der Waals surface area contributed by atoms with Crippen molar-refractivity contribution in [2.45, 2.75) is 13.3 Å². The number of hydrogen-bond acceptors (Lipinski definition) is 5. The zero-order valence-corrected chi connectivity index (χ0v) is 16.5. The van der Waals surface area contributed by atoms with Crippen LogP contribution in [0, 0.1) is 0 Å². The van der Waals surface area contributed by atoms with Gasteiger partial charge in [-0.1, -0.05) is 0 Å². The number of nitrogens with zero attached hydrogens (tertiary/aromatic N) is 2. The Morgan fingerprint density at radius 2 is 1.70 bits per heavy atom. The van der Waals surface area contributed by atoms with E-state index in [1.807, 2.05) is 28.7 Å². The van der Waals surface area contributed by atoms with Gasteiger partial charge in [0.05, 0.1) is 19.3 Å². The van der Waals surface area contributed by atoms with E-state index in [9.17, 15) is 9.59 Å². The third-order valence-corrected chi connectivity index (χ3v) is 5.23. The maximum atomic E-state index is 12.9. The van der Waals surface area contributed by atoms with Gasteiger partial charge in [0.15, 0.2) is 11.5 Å². The molecule has 0 atom stereocenters. The van der Waals surface area contributed by atoms with Crippen LogP contribution in [-0.2, 0) is 0 Å². The molecule has 1 aliphatic heterocycles. The van der Waals surface area contributed by atoms with E-state index in [1.54, 1.807) is 30.2 Å². The second-order valence-electron chi connectivity index (χ2n) is 6.25. The normalized spacial score (nSPS) is 14.6. The summed E-state index contributed by atoms with van der Waals surface area (Å²) in [6, 6.07) is 7.07. The van der Waals surface area contributed by atoms with Crippen LogP contribution in [-0.4, -0.2) is 61.5 Å². The Kier molecular flexibility index (Phi) is 6.34. The zero-order valence-electron chi connectivity index (χ0n) is 15.6. The van der Waals surface area contributed by atoms with Gasteiger partial charge in [0.2, 0.25) is 0 Å². The highest BCUT2D eigenvalue weighted by Crippen LogP contribution is 2.28. The predicted octanol–water partition coefficient (Wildman–Crippen LogP) is 3.14. The van der Waals surface area contributed by atoms with Crippen molar-refractivity contribution in [3.05, 3.63) is 46.2 Å². The summed E-state index contributed by atoms with van der Waals surface area (Å²) < 4.78 is 10.9. The number of thiophene rings is 1. The fraction of sp³-hybridized carbons (Fsp3) is 0.400. The number of ether oxygens (including phenoxy) is 2. The van der Waals surface area contributed by atoms with Gasteiger partial charge >= 0.3 is 0 Å². The van der Waals surface area contributed by atoms with Gasteiger partial charge in [-0.15, -0.1) is 0 Å². The van der Waals surface area contributed by atoms with Gasteiger partial charge in [-0.3, -0.25) is 9.59 Å². The lowest BCUT2D eigenvalue weighted by atomic mass is 10.1. The van der Waals surface area contributed by atoms with Gasteiger partial charge in [0.1, 0.15) is 0 Å². The lowest BCUT2D eigenvalue weighted by Gasteiger charge is -2.22. The first kappa shape index (κ1) is 19.2. The van der Waals surface area contributed by atoms with Crippen molar-refractivity contribution in [1.82, 2.24) is 9.80 Å². The molecule has 0 aliphatic carbocycles. The molecule has 0 radical (unpaired) electrons. The van der Waals surface area contributed by atoms with Gasteiger partial charge < -0.3 is 19.3 Å². The lowest BCUT2D eigenvalue weighted by molar-refractivity contribution is 0.0719. The van der Waals surface area contributed by atoms with Crippen molar-refractivity contribution in [1.29, 1.82) is 0 Å². The van der Waals surface area contributed by atoms with E-state index in [2.05, 4.69) is 0 Å². The maximum Gasteiger partial charge on any atom is 0.254 e. The number of methoxy groups -OCH3 is 1. The summed E-state index contributed by atoms with van der Waals surface area (Å²) in [5.41, 5.74) is 1.29. The summed E-state index contributed by atoms with van der Waals surface area (Å²) >= 11 is 1.51. The quantitative estimate of drug-likeness (QED) is 0.790. The van der Waals surface area contributed by atoms with E-state index < -0.39 is 0 Å². The molecule has 1 aromatic heterocycles. The summed E-state index contributed by atoms with van der Waals surface area (Å²) in [7, 11) is 1.58. The summed E-state index contributed by atoms with van der Waals surface area (Å²) in [6.07, 6.45) is 0.760. The number of rotatable bonds is 5. The molecule has 0 unspecified atom stereocenters. The Hall–Kier alpha value is -2.54. The van der Waals surface area contributed by atoms with E-state index in [-0.39, 0.29) is 11.8 Å². The Balaban J connectivity index is 1.69. The minimum atomic E-state index is -0.0524. The van der Waals surface area contributed by atoms with Crippen molar-refractivity contribution >= 4 is 23.2 Å². The van der Waals surface area contributed by atoms with E-state index in [4.69, 9.17) is 9.47 Å². The van der Waals surface area contributed by atoms with Gasteiger partial charge in [0, 0.05) is 37.1 Å². The van der Waals surface area contributed by atoms with Crippen LogP contribution < -0.4 is 9.47 Å². The molecule has 1 saturated heterocycles. The van der Waals surface area contributed by atoms with Crippen LogP contribution >= 0.6 is 11.3 Å². The first-order valence-corrected chi connectivity index (χ1v) is 10.00. The standard InChI is InChI=1S/C20H24N2O4S/c1-3-26-18-13-15(5-6-17(18)25-2)19(23)21-8-4-9-22(11-10-21)20(24)16-7-12-27-14-16/h5-7,12-14H,3-4,8-11H2,1-2H3. The van der Waals surface area contributed by atoms with Crippen LogP contribution in [0.1, 0.15) is 34.1 Å². The SMILES string of the molecule is CCOc1cc(C(=O)N2CCCN(C(=O)c3ccsc3)CC2)ccc1OC. The second kappa shape index (κ2) is 8.90. The molecule has 144 valence electrons. The molecule has 3 rings (SSSR count). The molecule has 2 aromatic rings. The molecule has 7 heteroatoms. The molecular weight excluding hydrogens is 364 g/mol. The largest absolute Gasteiger partial charge is 0.493 e. The molecule has 27 heavy (non-hydrogen) atoms. The predicted molar refractivity (Wildman–Crippen MR) is 105 cm³/mol. The van der Waals surface area contributed by atoms with Gasteiger partial charge in [-0.05, 0) is 43.0 Å². The molecule has 1 aliphatic rings. The first-order chi connectivity index (χ1) is 13.1. The Bertz CT molecular complexity index is 791. The topological polar surface area (TPSA) is 59.1 Å². The summed E-state index contributed by atoms with van der Waals surface area (Å²) in [6.45, 7) is 4.73. The fourth-order valence-electron chi connectivity index (χ4n) is 3.15. The van der Waals surface area contributed by atoms with Gasteiger partial charge in [-0.25, -0.2) is 0 Å². The van der Waals surface area contributed by atoms with Gasteiger partial charge in [-0.2, -0.15) is 11.3 Å². The third kappa shape index (κ3) is 4.42. The number of carbonyl (C=O) groups excluding carboxylic acids is 2. The number of carbonyl (C=O) groups is 2. The summed E-state index contributed by atoms with van der Waals surface area (Å²) in [4.78, 5) is 29.1. The lowest BCUT2D eigenvalue weighted by Crippen LogP contribution is -2.37. The Morgan fingerprint density at radius 3 is 2.30 bits per heavy atom. The maximum absolute atomic E-state index is 12.9. The highest BCUT2D eigenvalue weighted by molar-refractivity contribution is 7.08. The van der Waals surface area contributed by atoms with Crippen LogP contribution in [0.4, 0.5) is 0 Å². The zero-order chi connectivity index (χ0) is 19.2. The van der Waals surface area contributed by atoms with Crippen molar-refractivity contribution in [3.8, 4) is 11.5 Å². The van der Waals surface area contributed by atoms with Gasteiger partial charge in [0.25, 0.3) is 11.8 Å². The highest BCUT2D eigenvalue weighted by Gasteiger charge is 2.24. The van der Waals surface area contributed by atoms with Crippen molar-refractivity contribution in [2.75, 3.05) is 39.9 Å². The van der Waals surface area contributed by atoms with E-state index in [0.717, 1.165) is 12.0 Å². The molecule has 1 aromatic carbocycles. The van der Waals surface area contributed by atoms with Crippen molar-refractivity contribution in [3.63, 3.8) is 0 Å². The van der Waals surface area contributed by atoms with E-state index >= 15 is 0 Å². The molecule has 2 amide bonds. The summed E-state index contributed by atoms with van der Waals surface area (Å²) in [5.74, 6) is 1.16. The molecule has 1 fully saturated rings. The minimum Gasteiger partial charge on any atom is -0.493 e. The minimum absolute atomic E-state index is 0.0358. The smallest absolute Gasteiger partial charge is 0.254 e. The average Bonchev–Trinajstić information content (AvgIpc) is 3.12. The summed E-state index contributed by atoms with van der Waals surface area (Å²) in [5, 5.41) is 3.77. The number of hydrogen-bond donors (Lipinski definition) is 0. The van der Waals surface area contributed by atoms with E-state index in [0.29, 0.717) is 49.8 Å². The van der Waals surface area contributed by atoms with Crippen molar-refractivity contribution in [2.24, 2.45) is 0 Å². The molecule has 0 saturated carbocycles. The average molecular weight is 388 g/mol. The number of benzene rings is 1. The van der Waals surface area contributed by atoms with Crippen LogP contribution in [0.25, 0.3) is 0 Å². The third-order valence-electron chi connectivity index (χ3n) is 4.55. The fourth-order valence-corrected chi connectivity index (χ4v) is 3.78. The molecule has 0 spiro atoms. The Labute approximate surface area is 163 Å². The Morgan fingerprint density at radius 1 is 1.00 bits per heavy atom. The van der Waals surface area contributed by atoms with Crippen LogP contribution in [0.5, 0.6) is 11.5 Å². The molecule has 0 N–H and O–H groups in total. The number of amides is 2. The molecule has 6 nitrogen and oxygen atoms in total. The molecule has 2 heterocycles. The first-order valence-electron chi connectivity index (χ1n) is 9.05. The highest BCUT2D eigenvalue weighted by atomic mass is 32.1. The van der Waals surface area contributed by atoms with Crippen molar-refractivity contribution < 1.29 is 19.1 Å². The van der Waals surface area contributed by atoms with Crippen LogP contribution in [0.3, 0.4) is 0 Å².